The maximum absolute atomic E-state index is 4.47. The van der Waals surface area contributed by atoms with Gasteiger partial charge in [-0.05, 0) is 29.3 Å². The molecule has 0 unspecified atom stereocenters. The van der Waals surface area contributed by atoms with Gasteiger partial charge in [0.15, 0.2) is 0 Å². The summed E-state index contributed by atoms with van der Waals surface area (Å²) in [4.78, 5) is 8.64. The lowest BCUT2D eigenvalue weighted by Gasteiger charge is -2.11. The summed E-state index contributed by atoms with van der Waals surface area (Å²) >= 11 is 0. The first-order chi connectivity index (χ1) is 13.4. The predicted octanol–water partition coefficient (Wildman–Crippen LogP) is 4.94. The smallest absolute Gasteiger partial charge is 0.0991 e. The third-order valence-corrected chi connectivity index (χ3v) is 4.83. The fraction of sp³-hybridized carbons (Fsp3) is 0.0435. The highest BCUT2D eigenvalue weighted by Crippen LogP contribution is 2.27. The molecule has 0 saturated heterocycles. The molecule has 3 aromatic carbocycles. The molecule has 2 heterocycles. The molecule has 5 rings (SSSR count). The number of nitrogens with zero attached hydrogens (tertiary/aromatic N) is 4. The van der Waals surface area contributed by atoms with Crippen molar-refractivity contribution >= 4 is 11.0 Å². The Morgan fingerprint density at radius 2 is 1.59 bits per heavy atom. The SMILES string of the molecule is c1ccc(-n2ccnc2)c(-c2ccc(Cn3cnc4ccccc43)cc2)c1. The van der Waals surface area contributed by atoms with Crippen LogP contribution in [0.4, 0.5) is 0 Å². The molecular formula is C23H18N4. The highest BCUT2D eigenvalue weighted by atomic mass is 15.0. The first-order valence-corrected chi connectivity index (χ1v) is 8.95. The van der Waals surface area contributed by atoms with Gasteiger partial charge in [0.1, 0.15) is 0 Å². The van der Waals surface area contributed by atoms with E-state index in [4.69, 9.17) is 0 Å². The molecule has 0 aliphatic rings. The molecular weight excluding hydrogens is 332 g/mol. The predicted molar refractivity (Wildman–Crippen MR) is 108 cm³/mol. The van der Waals surface area contributed by atoms with Crippen LogP contribution < -0.4 is 0 Å². The minimum absolute atomic E-state index is 0.809. The van der Waals surface area contributed by atoms with Gasteiger partial charge in [-0.15, -0.1) is 0 Å². The first kappa shape index (κ1) is 15.6. The third-order valence-electron chi connectivity index (χ3n) is 4.83. The molecule has 0 N–H and O–H groups in total. The van der Waals surface area contributed by atoms with Crippen LogP contribution in [-0.2, 0) is 6.54 Å². The molecule has 0 bridgehead atoms. The lowest BCUT2D eigenvalue weighted by Crippen LogP contribution is -1.98. The number of para-hydroxylation sites is 3. The first-order valence-electron chi connectivity index (χ1n) is 8.95. The molecule has 5 aromatic rings. The van der Waals surface area contributed by atoms with Gasteiger partial charge in [0, 0.05) is 24.5 Å². The summed E-state index contributed by atoms with van der Waals surface area (Å²) < 4.78 is 4.23. The molecule has 0 fully saturated rings. The van der Waals surface area contributed by atoms with E-state index in [2.05, 4.69) is 75.2 Å². The van der Waals surface area contributed by atoms with Crippen LogP contribution in [0.2, 0.25) is 0 Å². The van der Waals surface area contributed by atoms with Crippen LogP contribution in [0.25, 0.3) is 27.8 Å². The van der Waals surface area contributed by atoms with Gasteiger partial charge in [0.05, 0.1) is 29.4 Å². The summed E-state index contributed by atoms with van der Waals surface area (Å²) in [6.45, 7) is 0.809. The Kier molecular flexibility index (Phi) is 3.79. The molecule has 0 radical (unpaired) electrons. The Morgan fingerprint density at radius 3 is 2.44 bits per heavy atom. The summed E-state index contributed by atoms with van der Waals surface area (Å²) in [5.74, 6) is 0. The lowest BCUT2D eigenvalue weighted by atomic mass is 10.0. The molecule has 4 nitrogen and oxygen atoms in total. The van der Waals surface area contributed by atoms with E-state index >= 15 is 0 Å². The van der Waals surface area contributed by atoms with Crippen molar-refractivity contribution in [2.24, 2.45) is 0 Å². The Bertz CT molecular complexity index is 1180. The van der Waals surface area contributed by atoms with Gasteiger partial charge in [-0.1, -0.05) is 54.6 Å². The quantitative estimate of drug-likeness (QED) is 0.460. The maximum atomic E-state index is 4.47. The molecule has 130 valence electrons. The number of benzene rings is 3. The summed E-state index contributed by atoms with van der Waals surface area (Å²) in [7, 11) is 0. The standard InChI is InChI=1S/C23H18N4/c1-3-7-22(26-14-13-24-16-26)20(5-1)19-11-9-18(10-12-19)15-27-17-25-21-6-2-4-8-23(21)27/h1-14,16-17H,15H2. The van der Waals surface area contributed by atoms with Gasteiger partial charge in [-0.3, -0.25) is 0 Å². The van der Waals surface area contributed by atoms with E-state index < -0.39 is 0 Å². The number of rotatable bonds is 4. The molecule has 4 heteroatoms. The van der Waals surface area contributed by atoms with Crippen LogP contribution >= 0.6 is 0 Å². The molecule has 2 aromatic heterocycles. The van der Waals surface area contributed by atoms with E-state index in [1.807, 2.05) is 35.6 Å². The molecule has 27 heavy (non-hydrogen) atoms. The second kappa shape index (κ2) is 6.57. The maximum Gasteiger partial charge on any atom is 0.0991 e. The Morgan fingerprint density at radius 1 is 0.778 bits per heavy atom. The molecule has 0 spiro atoms. The lowest BCUT2D eigenvalue weighted by molar-refractivity contribution is 0.824. The average Bonchev–Trinajstić information content (AvgIpc) is 3.39. The Labute approximate surface area is 157 Å². The van der Waals surface area contributed by atoms with E-state index in [1.54, 1.807) is 6.20 Å². The van der Waals surface area contributed by atoms with Crippen LogP contribution in [0, 0.1) is 0 Å². The summed E-state index contributed by atoms with van der Waals surface area (Å²) in [5.41, 5.74) is 6.95. The number of fused-ring (bicyclic) bond motifs is 1. The zero-order valence-electron chi connectivity index (χ0n) is 14.7. The Balaban J connectivity index is 1.46. The van der Waals surface area contributed by atoms with E-state index in [1.165, 1.54) is 16.7 Å². The van der Waals surface area contributed by atoms with E-state index in [0.717, 1.165) is 23.3 Å². The highest BCUT2D eigenvalue weighted by Gasteiger charge is 2.07. The fourth-order valence-corrected chi connectivity index (χ4v) is 3.47. The van der Waals surface area contributed by atoms with Crippen molar-refractivity contribution in [3.05, 3.63) is 103 Å². The van der Waals surface area contributed by atoms with Gasteiger partial charge in [-0.25, -0.2) is 9.97 Å². The molecule has 0 atom stereocenters. The monoisotopic (exact) mass is 350 g/mol. The summed E-state index contributed by atoms with van der Waals surface area (Å²) in [6.07, 6.45) is 7.51. The van der Waals surface area contributed by atoms with Crippen molar-refractivity contribution < 1.29 is 0 Å². The third kappa shape index (κ3) is 2.91. The van der Waals surface area contributed by atoms with E-state index in [0.29, 0.717) is 0 Å². The van der Waals surface area contributed by atoms with Crippen molar-refractivity contribution in [1.29, 1.82) is 0 Å². The van der Waals surface area contributed by atoms with Gasteiger partial charge in [0.25, 0.3) is 0 Å². The minimum atomic E-state index is 0.809. The van der Waals surface area contributed by atoms with Crippen molar-refractivity contribution in [3.8, 4) is 16.8 Å². The van der Waals surface area contributed by atoms with Crippen LogP contribution in [0.1, 0.15) is 5.56 Å². The fourth-order valence-electron chi connectivity index (χ4n) is 3.47. The summed E-state index contributed by atoms with van der Waals surface area (Å²) in [5, 5.41) is 0. The number of hydrogen-bond acceptors (Lipinski definition) is 2. The molecule has 0 aliphatic carbocycles. The molecule has 0 amide bonds. The second-order valence-corrected chi connectivity index (χ2v) is 6.55. The van der Waals surface area contributed by atoms with Crippen LogP contribution in [0.15, 0.2) is 97.8 Å². The number of imidazole rings is 2. The Hall–Kier alpha value is -3.66. The molecule has 0 aliphatic heterocycles. The number of aromatic nitrogens is 4. The summed E-state index contributed by atoms with van der Waals surface area (Å²) in [6, 6.07) is 25.4. The van der Waals surface area contributed by atoms with Crippen LogP contribution in [0.3, 0.4) is 0 Å². The van der Waals surface area contributed by atoms with Gasteiger partial charge in [0.2, 0.25) is 0 Å². The van der Waals surface area contributed by atoms with Crippen molar-refractivity contribution in [3.63, 3.8) is 0 Å². The largest absolute Gasteiger partial charge is 0.326 e. The van der Waals surface area contributed by atoms with Gasteiger partial charge >= 0.3 is 0 Å². The van der Waals surface area contributed by atoms with E-state index in [-0.39, 0.29) is 0 Å². The topological polar surface area (TPSA) is 35.6 Å². The van der Waals surface area contributed by atoms with Crippen molar-refractivity contribution in [2.75, 3.05) is 0 Å². The van der Waals surface area contributed by atoms with Gasteiger partial charge in [-0.2, -0.15) is 0 Å². The van der Waals surface area contributed by atoms with Gasteiger partial charge < -0.3 is 9.13 Å². The molecule has 0 saturated carbocycles. The van der Waals surface area contributed by atoms with Crippen LogP contribution in [-0.4, -0.2) is 19.1 Å². The zero-order valence-corrected chi connectivity index (χ0v) is 14.7. The van der Waals surface area contributed by atoms with Crippen LogP contribution in [0.5, 0.6) is 0 Å². The zero-order chi connectivity index (χ0) is 18.1. The van der Waals surface area contributed by atoms with E-state index in [9.17, 15) is 0 Å². The number of hydrogen-bond donors (Lipinski definition) is 0. The normalized spacial score (nSPS) is 11.1. The average molecular weight is 350 g/mol. The minimum Gasteiger partial charge on any atom is -0.326 e. The van der Waals surface area contributed by atoms with Crippen molar-refractivity contribution in [1.82, 2.24) is 19.1 Å². The highest BCUT2D eigenvalue weighted by molar-refractivity contribution is 5.75. The second-order valence-electron chi connectivity index (χ2n) is 6.55. The van der Waals surface area contributed by atoms with Crippen molar-refractivity contribution in [2.45, 2.75) is 6.54 Å².